The van der Waals surface area contributed by atoms with E-state index in [4.69, 9.17) is 19.2 Å². The average Bonchev–Trinajstić information content (AvgIpc) is 2.60. The summed E-state index contributed by atoms with van der Waals surface area (Å²) < 4.78 is 16.4. The van der Waals surface area contributed by atoms with Gasteiger partial charge < -0.3 is 29.3 Å². The van der Waals surface area contributed by atoms with Gasteiger partial charge in [0, 0.05) is 19.2 Å². The summed E-state index contributed by atoms with van der Waals surface area (Å²) in [4.78, 5) is 10.7. The molecule has 1 saturated heterocycles. The van der Waals surface area contributed by atoms with Crippen LogP contribution in [0.5, 0.6) is 0 Å². The van der Waals surface area contributed by atoms with Gasteiger partial charge in [-0.3, -0.25) is 10.1 Å². The number of carboxylic acids is 1. The number of carboxylic acid groups (broad SMARTS) is 1. The summed E-state index contributed by atoms with van der Waals surface area (Å²) in [5.41, 5.74) is -0.113. The second-order valence-electron chi connectivity index (χ2n) is 6.04. The number of benzene rings is 1. The first-order valence-electron chi connectivity index (χ1n) is 7.77. The maximum absolute atomic E-state index is 10.7. The molecule has 0 aromatic heterocycles. The van der Waals surface area contributed by atoms with Gasteiger partial charge in [0.05, 0.1) is 25.3 Å². The quantitative estimate of drug-likeness (QED) is 0.352. The van der Waals surface area contributed by atoms with Crippen LogP contribution in [0.25, 0.3) is 0 Å². The van der Waals surface area contributed by atoms with Gasteiger partial charge in [-0.2, -0.15) is 0 Å². The largest absolute Gasteiger partial charge is 1.00 e. The minimum absolute atomic E-state index is 0. The van der Waals surface area contributed by atoms with Gasteiger partial charge in [0.15, 0.2) is 0 Å². The fourth-order valence-corrected chi connectivity index (χ4v) is 2.35. The van der Waals surface area contributed by atoms with Crippen LogP contribution in [0.3, 0.4) is 0 Å². The molecule has 1 aromatic carbocycles. The summed E-state index contributed by atoms with van der Waals surface area (Å²) in [7, 11) is 0. The Morgan fingerprint density at radius 2 is 1.96 bits per heavy atom. The molecule has 0 aliphatic carbocycles. The molecule has 1 atom stereocenters. The fourth-order valence-electron chi connectivity index (χ4n) is 2.35. The van der Waals surface area contributed by atoms with E-state index in [-0.39, 0.29) is 55.9 Å². The predicted molar refractivity (Wildman–Crippen MR) is 86.0 cm³/mol. The topological polar surface area (TPSA) is 117 Å². The summed E-state index contributed by atoms with van der Waals surface area (Å²) >= 11 is 0. The molecule has 25 heavy (non-hydrogen) atoms. The van der Waals surface area contributed by atoms with Crippen LogP contribution in [0, 0.1) is 0 Å². The molecule has 2 rings (SSSR count). The van der Waals surface area contributed by atoms with Gasteiger partial charge in [0.2, 0.25) is 0 Å². The molecular formula is C15H23BNNaO7. The number of aliphatic carboxylic acids is 1. The minimum Gasteiger partial charge on any atom is -0.558 e. The third-order valence-electron chi connectivity index (χ3n) is 4.06. The van der Waals surface area contributed by atoms with Crippen molar-refractivity contribution in [2.75, 3.05) is 26.4 Å². The first kappa shape index (κ1) is 22.6. The van der Waals surface area contributed by atoms with Crippen LogP contribution in [0.1, 0.15) is 12.5 Å². The van der Waals surface area contributed by atoms with E-state index in [9.17, 15) is 14.9 Å². The minimum atomic E-state index is -2.69. The van der Waals surface area contributed by atoms with Gasteiger partial charge in [0.25, 0.3) is 0 Å². The average molecular weight is 363 g/mol. The molecule has 1 fully saturated rings. The summed E-state index contributed by atoms with van der Waals surface area (Å²) in [6, 6.07) is 8.76. The molecule has 1 aliphatic rings. The number of aliphatic hydroxyl groups excluding tert-OH is 1. The van der Waals surface area contributed by atoms with E-state index in [0.29, 0.717) is 6.61 Å². The maximum Gasteiger partial charge on any atom is 1.00 e. The number of aliphatic hydroxyl groups is 1. The first-order chi connectivity index (χ1) is 11.4. The van der Waals surface area contributed by atoms with E-state index in [1.54, 1.807) is 6.92 Å². The van der Waals surface area contributed by atoms with Crippen molar-refractivity contribution < 1.29 is 63.6 Å². The van der Waals surface area contributed by atoms with Gasteiger partial charge in [-0.1, -0.05) is 37.3 Å². The van der Waals surface area contributed by atoms with Crippen LogP contribution in [0.4, 0.5) is 0 Å². The van der Waals surface area contributed by atoms with Crippen LogP contribution in [0.2, 0.25) is 0 Å². The van der Waals surface area contributed by atoms with Gasteiger partial charge in [-0.15, -0.1) is 0 Å². The van der Waals surface area contributed by atoms with Crippen LogP contribution in [0.15, 0.2) is 30.3 Å². The molecule has 0 amide bonds. The van der Waals surface area contributed by atoms with Crippen LogP contribution >= 0.6 is 0 Å². The van der Waals surface area contributed by atoms with E-state index in [1.165, 1.54) is 0 Å². The van der Waals surface area contributed by atoms with E-state index in [0.717, 1.165) is 5.56 Å². The second kappa shape index (κ2) is 10.0. The number of hydrogen-bond donors (Lipinski definition) is 4. The number of carbonyl (C=O) groups is 1. The van der Waals surface area contributed by atoms with E-state index >= 15 is 0 Å². The summed E-state index contributed by atoms with van der Waals surface area (Å²) in [5.74, 6) is -1.06. The smallest absolute Gasteiger partial charge is 0.558 e. The molecule has 0 bridgehead atoms. The Balaban J connectivity index is 0.00000312. The third kappa shape index (κ3) is 6.32. The van der Waals surface area contributed by atoms with Crippen molar-refractivity contribution in [2.24, 2.45) is 0 Å². The van der Waals surface area contributed by atoms with Crippen LogP contribution < -0.4 is 34.9 Å². The summed E-state index contributed by atoms with van der Waals surface area (Å²) in [5, 5.41) is 31.4. The molecule has 134 valence electrons. The normalized spacial score (nSPS) is 27.3. The zero-order valence-corrected chi connectivity index (χ0v) is 16.6. The van der Waals surface area contributed by atoms with Crippen molar-refractivity contribution in [3.63, 3.8) is 0 Å². The Kier molecular flexibility index (Phi) is 9.03. The van der Waals surface area contributed by atoms with Crippen molar-refractivity contribution in [1.82, 2.24) is 5.32 Å². The monoisotopic (exact) mass is 363 g/mol. The Hall–Kier alpha value is -0.485. The molecular weight excluding hydrogens is 340 g/mol. The third-order valence-corrected chi connectivity index (χ3v) is 4.06. The predicted octanol–water partition coefficient (Wildman–Crippen LogP) is -3.48. The van der Waals surface area contributed by atoms with E-state index in [2.05, 4.69) is 5.32 Å². The van der Waals surface area contributed by atoms with Crippen molar-refractivity contribution >= 4 is 12.7 Å². The standard InChI is InChI=1S/C15H23BNO7.Na/c1-12(22-8-13-5-3-2-4-6-13)16(21)23-10-15(9-18,11-24-16)17-7-14(19)20;/h2-6,12,17-18,21H,7-11H2,1H3,(H,19,20);/q-1;+1/t12-,15?,16?;/m0./s1. The summed E-state index contributed by atoms with van der Waals surface area (Å²) in [6.45, 7) is -1.67. The SMILES string of the molecule is C[C@H](OCc1ccccc1)[B-]1(O)OCC(CO)(NCC(=O)O)CO1.[Na+]. The Bertz CT molecular complexity index is 540. The van der Waals surface area contributed by atoms with Gasteiger partial charge in [0.1, 0.15) is 0 Å². The molecule has 1 heterocycles. The Labute approximate surface area is 168 Å². The molecule has 8 nitrogen and oxygen atoms in total. The Morgan fingerprint density at radius 1 is 1.36 bits per heavy atom. The molecule has 1 aromatic rings. The number of hydrogen-bond acceptors (Lipinski definition) is 7. The zero-order valence-electron chi connectivity index (χ0n) is 14.6. The second-order valence-corrected chi connectivity index (χ2v) is 6.04. The molecule has 4 N–H and O–H groups in total. The molecule has 0 spiro atoms. The zero-order chi connectivity index (χ0) is 17.6. The molecule has 1 aliphatic heterocycles. The van der Waals surface area contributed by atoms with Crippen molar-refractivity contribution in [3.8, 4) is 0 Å². The maximum atomic E-state index is 10.7. The molecule has 0 radical (unpaired) electrons. The van der Waals surface area contributed by atoms with Crippen LogP contribution in [-0.2, 0) is 25.4 Å². The molecule has 10 heteroatoms. The van der Waals surface area contributed by atoms with Gasteiger partial charge in [-0.25, -0.2) is 0 Å². The molecule has 0 saturated carbocycles. The van der Waals surface area contributed by atoms with Gasteiger partial charge >= 0.3 is 42.3 Å². The molecule has 0 unspecified atom stereocenters. The number of nitrogens with one attached hydrogen (secondary N) is 1. The van der Waals surface area contributed by atoms with Crippen molar-refractivity contribution in [2.45, 2.75) is 25.1 Å². The van der Waals surface area contributed by atoms with Gasteiger partial charge in [-0.05, 0) is 5.56 Å². The van der Waals surface area contributed by atoms with Crippen molar-refractivity contribution in [1.29, 1.82) is 0 Å². The fraction of sp³-hybridized carbons (Fsp3) is 0.533. The van der Waals surface area contributed by atoms with E-state index < -0.39 is 24.3 Å². The number of ether oxygens (including phenoxy) is 1. The Morgan fingerprint density at radius 3 is 2.48 bits per heavy atom. The van der Waals surface area contributed by atoms with Crippen molar-refractivity contribution in [3.05, 3.63) is 35.9 Å². The summed E-state index contributed by atoms with van der Waals surface area (Å²) in [6.07, 6.45) is 0. The number of rotatable bonds is 8. The van der Waals surface area contributed by atoms with E-state index in [1.807, 2.05) is 30.3 Å². The van der Waals surface area contributed by atoms with Crippen LogP contribution in [-0.4, -0.2) is 65.9 Å². The first-order valence-corrected chi connectivity index (χ1v) is 7.77.